The molecule has 16 heteroatoms. The Hall–Kier alpha value is 0.880. The molecule has 0 saturated heterocycles. The molecule has 1 N–H and O–H groups in total. The van der Waals surface area contributed by atoms with Crippen molar-refractivity contribution in [3.05, 3.63) is 80.0 Å². The van der Waals surface area contributed by atoms with E-state index < -0.39 is 14.4 Å². The van der Waals surface area contributed by atoms with E-state index in [0.29, 0.717) is 13.3 Å². The molecule has 4 rings (SSSR count). The van der Waals surface area contributed by atoms with E-state index >= 15 is 0 Å². The van der Waals surface area contributed by atoms with E-state index in [1.54, 1.807) is 19.1 Å². The molecule has 6 nitrogen and oxygen atoms in total. The number of alkyl halides is 4. The fraction of sp³-hybridized carbons (Fsp3) is 0.485. The number of nitrogens with zero attached hydrogens (tertiary/aromatic N) is 1. The molecule has 0 amide bonds. The number of Topliss-reactive ketones (excluding diaryl/α,β-unsaturated/α-hetero) is 1. The van der Waals surface area contributed by atoms with Gasteiger partial charge in [0.25, 0.3) is 5.24 Å². The molecule has 0 spiro atoms. The minimum absolute atomic E-state index is 0. The number of aryl methyl sites for hydroxylation is 1. The SMILES string of the molecule is C.CC1=CC2C(C1)C(=O)C2(Cl)Cl.CC1=CCC=C1.CCN(CC)CC.Cc1cccc(O)c(=O)c1.I[I-]I.O=C(Cl)C(Cl)Cl.O=C=C(Cl)Cl. The van der Waals surface area contributed by atoms with Crippen LogP contribution in [0.15, 0.2) is 69.0 Å². The summed E-state index contributed by atoms with van der Waals surface area (Å²) in [6.07, 6.45) is 10.5. The van der Waals surface area contributed by atoms with Crippen molar-refractivity contribution in [3.8, 4) is 5.75 Å². The molecular weight excluding hydrogens is 1120 g/mol. The Labute approximate surface area is 357 Å². The Balaban J connectivity index is -0.000000249. The minimum atomic E-state index is -1.11. The van der Waals surface area contributed by atoms with Crippen LogP contribution in [0.25, 0.3) is 0 Å². The third kappa shape index (κ3) is 28.1. The molecule has 0 radical (unpaired) electrons. The number of allylic oxidation sites excluding steroid dienone is 6. The van der Waals surface area contributed by atoms with Gasteiger partial charge in [-0.25, -0.2) is 4.79 Å². The molecule has 0 bridgehead atoms. The average Bonchev–Trinajstić information content (AvgIpc) is 3.63. The molecule has 49 heavy (non-hydrogen) atoms. The summed E-state index contributed by atoms with van der Waals surface area (Å²) in [5.41, 5.74) is 3.15. The van der Waals surface area contributed by atoms with Crippen LogP contribution in [0, 0.1) is 18.8 Å². The van der Waals surface area contributed by atoms with Crippen molar-refractivity contribution < 1.29 is 32.7 Å². The fourth-order valence-electron chi connectivity index (χ4n) is 3.84. The van der Waals surface area contributed by atoms with Crippen LogP contribution < -0.4 is 18.7 Å². The van der Waals surface area contributed by atoms with Crippen molar-refractivity contribution in [2.75, 3.05) is 19.6 Å². The fourth-order valence-corrected chi connectivity index (χ4v) is 4.55. The van der Waals surface area contributed by atoms with Gasteiger partial charge in [-0.05, 0) is 82.5 Å². The molecule has 0 heterocycles. The van der Waals surface area contributed by atoms with Crippen LogP contribution in [0.1, 0.15) is 60.5 Å². The molecule has 2 unspecified atom stereocenters. The Morgan fingerprint density at radius 3 is 1.82 bits per heavy atom. The topological polar surface area (TPSA) is 91.8 Å². The molecule has 0 aromatic heterocycles. The Morgan fingerprint density at radius 1 is 1.06 bits per heavy atom. The monoisotopic (exact) mass is 1160 g/mol. The molecule has 1 fully saturated rings. The first kappa shape index (κ1) is 56.6. The zero-order chi connectivity index (χ0) is 38.0. The van der Waals surface area contributed by atoms with E-state index in [0.717, 1.165) is 18.4 Å². The number of carbonyl (C=O) groups is 2. The number of halogens is 10. The zero-order valence-corrected chi connectivity index (χ0v) is 39.0. The average molecular weight is 1160 g/mol. The van der Waals surface area contributed by atoms with E-state index in [-0.39, 0.29) is 40.7 Å². The second kappa shape index (κ2) is 33.4. The molecule has 282 valence electrons. The smallest absolute Gasteiger partial charge is 0.254 e. The van der Waals surface area contributed by atoms with Crippen LogP contribution in [0.4, 0.5) is 0 Å². The van der Waals surface area contributed by atoms with E-state index in [1.165, 1.54) is 48.9 Å². The van der Waals surface area contributed by atoms with Crippen LogP contribution in [0.3, 0.4) is 0 Å². The predicted octanol–water partition coefficient (Wildman–Crippen LogP) is 8.73. The molecule has 3 aliphatic rings. The Kier molecular flexibility index (Phi) is 38.6. The van der Waals surface area contributed by atoms with Crippen molar-refractivity contribution >= 4 is 135 Å². The van der Waals surface area contributed by atoms with Crippen molar-refractivity contribution in [1.29, 1.82) is 0 Å². The van der Waals surface area contributed by atoms with Gasteiger partial charge in [-0.15, -0.1) is 0 Å². The summed E-state index contributed by atoms with van der Waals surface area (Å²) >= 11 is 40.8. The van der Waals surface area contributed by atoms with E-state index in [4.69, 9.17) is 91.1 Å². The second-order valence-electron chi connectivity index (χ2n) is 9.73. The van der Waals surface area contributed by atoms with Crippen molar-refractivity contribution in [2.24, 2.45) is 11.8 Å². The minimum Gasteiger partial charge on any atom is -0.278 e. The molecular formula is C33H44Cl7I3NO5-. The van der Waals surface area contributed by atoms with Gasteiger partial charge >= 0.3 is 50.5 Å². The maximum atomic E-state index is 11.2. The number of hydrogen-bond acceptors (Lipinski definition) is 6. The molecule has 1 saturated carbocycles. The van der Waals surface area contributed by atoms with Gasteiger partial charge in [-0.1, -0.05) is 145 Å². The first-order valence-electron chi connectivity index (χ1n) is 14.2. The van der Waals surface area contributed by atoms with E-state index in [2.05, 4.69) is 88.1 Å². The Morgan fingerprint density at radius 2 is 1.53 bits per heavy atom. The predicted molar refractivity (Wildman–Crippen MR) is 227 cm³/mol. The van der Waals surface area contributed by atoms with Gasteiger partial charge in [-0.2, -0.15) is 0 Å². The summed E-state index contributed by atoms with van der Waals surface area (Å²) in [6.45, 7) is 16.1. The summed E-state index contributed by atoms with van der Waals surface area (Å²) in [5.74, 6) is 1.19. The summed E-state index contributed by atoms with van der Waals surface area (Å²) in [4.78, 5) is 42.0. The number of rotatable bonds is 4. The van der Waals surface area contributed by atoms with Crippen molar-refractivity contribution in [1.82, 2.24) is 4.90 Å². The van der Waals surface area contributed by atoms with E-state index in [1.807, 2.05) is 13.0 Å². The van der Waals surface area contributed by atoms with Crippen LogP contribution in [0.5, 0.6) is 5.75 Å². The van der Waals surface area contributed by atoms with Crippen molar-refractivity contribution in [3.63, 3.8) is 0 Å². The number of hydrogen-bond donors (Lipinski definition) is 1. The van der Waals surface area contributed by atoms with Gasteiger partial charge in [-0.3, -0.25) is 14.4 Å². The van der Waals surface area contributed by atoms with Gasteiger partial charge in [0.05, 0.1) is 0 Å². The molecule has 1 aromatic carbocycles. The quantitative estimate of drug-likeness (QED) is 0.107. The normalized spacial score (nSPS) is 16.7. The van der Waals surface area contributed by atoms with Gasteiger partial charge in [0, 0.05) is 11.8 Å². The number of fused-ring (bicyclic) bond motifs is 1. The Bertz CT molecular complexity index is 1310. The van der Waals surface area contributed by atoms with E-state index in [9.17, 15) is 14.4 Å². The molecule has 1 aromatic rings. The van der Waals surface area contributed by atoms with Gasteiger partial charge < -0.3 is 10.0 Å². The van der Waals surface area contributed by atoms with Crippen molar-refractivity contribution in [2.45, 2.75) is 71.0 Å². The first-order chi connectivity index (χ1) is 22.3. The maximum Gasteiger partial charge on any atom is 0.254 e. The van der Waals surface area contributed by atoms with Crippen LogP contribution in [-0.4, -0.2) is 55.8 Å². The number of carbonyl (C=O) groups excluding carboxylic acids is 3. The molecule has 2 atom stereocenters. The van der Waals surface area contributed by atoms with Crippen LogP contribution in [0.2, 0.25) is 0 Å². The third-order valence-corrected chi connectivity index (χ3v) is 8.16. The zero-order valence-electron chi connectivity index (χ0n) is 27.2. The van der Waals surface area contributed by atoms with Gasteiger partial charge in [0.1, 0.15) is 0 Å². The van der Waals surface area contributed by atoms with Gasteiger partial charge in [0.15, 0.2) is 31.1 Å². The summed E-state index contributed by atoms with van der Waals surface area (Å²) < 4.78 is -1.47. The standard InChI is InChI=1S/C8H8Cl2O.C8H8O2.C6H15N.C6H8.C2HCl3O.C2Cl2O.CH4.I3/c1-4-2-5-6(3-4)8(9,10)7(5)11;1-6-3-2-4-7(9)8(10)5-6;1-4-7(5-2)6-3;1-6-4-2-3-5-6;3-1(4)2(5)6;3-2(4)1-5;;1-3-2/h3,5-6H,2H2,1H3;2-5H,1H3,(H,9,10);4-6H2,1-3H3;2,4-5H,3H2,1H3;1H;;1H4;/q;;;;;;;-1. The summed E-state index contributed by atoms with van der Waals surface area (Å²) in [5, 5.41) is 8.15. The van der Waals surface area contributed by atoms with Gasteiger partial charge in [0.2, 0.25) is 5.43 Å². The van der Waals surface area contributed by atoms with Crippen LogP contribution in [-0.2, 0) is 14.4 Å². The first-order valence-corrected chi connectivity index (χ1v) is 29.5. The summed E-state index contributed by atoms with van der Waals surface area (Å²) in [7, 11) is 0. The number of ketones is 1. The number of aromatic hydroxyl groups is 1. The summed E-state index contributed by atoms with van der Waals surface area (Å²) in [6, 6.07) is 6.19. The molecule has 0 aliphatic heterocycles. The largest absolute Gasteiger partial charge is 0.278 e. The third-order valence-electron chi connectivity index (χ3n) is 6.29. The second-order valence-corrected chi connectivity index (χ2v) is 29.8. The van der Waals surface area contributed by atoms with Crippen LogP contribution >= 0.6 is 118 Å². The maximum absolute atomic E-state index is 11.2. The molecule has 3 aliphatic carbocycles.